The molecule has 0 aromatic carbocycles. The van der Waals surface area contributed by atoms with Crippen molar-refractivity contribution in [3.05, 3.63) is 21.6 Å². The van der Waals surface area contributed by atoms with E-state index in [9.17, 15) is 4.79 Å². The Hall–Kier alpha value is -1.11. The van der Waals surface area contributed by atoms with Crippen LogP contribution in [-0.2, 0) is 4.74 Å². The van der Waals surface area contributed by atoms with E-state index in [1.165, 1.54) is 10.9 Å². The quantitative estimate of drug-likeness (QED) is 0.885. The number of aliphatic hydroxyl groups is 1. The number of halogens is 1. The Morgan fingerprint density at radius 2 is 2.44 bits per heavy atom. The lowest BCUT2D eigenvalue weighted by Crippen LogP contribution is -2.31. The summed E-state index contributed by atoms with van der Waals surface area (Å²) in [6.45, 7) is 0.551. The van der Waals surface area contributed by atoms with Gasteiger partial charge in [0.1, 0.15) is 6.61 Å². The monoisotopic (exact) mass is 274 g/mol. The molecule has 1 aliphatic rings. The summed E-state index contributed by atoms with van der Waals surface area (Å²) in [5, 5.41) is 12.6. The predicted molar refractivity (Wildman–Crippen MR) is 64.9 cm³/mol. The normalized spacial score (nSPS) is 19.8. The molecular formula is C11H15ClN2O4. The molecule has 6 nitrogen and oxygen atoms in total. The van der Waals surface area contributed by atoms with Crippen molar-refractivity contribution in [2.75, 3.05) is 19.8 Å². The van der Waals surface area contributed by atoms with Crippen molar-refractivity contribution in [1.82, 2.24) is 9.78 Å². The second-order valence-electron chi connectivity index (χ2n) is 3.97. The molecule has 0 spiro atoms. The summed E-state index contributed by atoms with van der Waals surface area (Å²) in [4.78, 5) is 12.0. The highest BCUT2D eigenvalue weighted by Gasteiger charge is 2.20. The van der Waals surface area contributed by atoms with Crippen LogP contribution in [0.3, 0.4) is 0 Å². The molecule has 0 amide bonds. The standard InChI is InChI=1S/C11H15ClN2O4/c12-10-8(17-6-4-15)7-13-14(11(10)16)9-3-1-2-5-18-9/h7,9,15H,1-6H2. The topological polar surface area (TPSA) is 73.6 Å². The molecule has 1 unspecified atom stereocenters. The average molecular weight is 275 g/mol. The lowest BCUT2D eigenvalue weighted by molar-refractivity contribution is -0.0426. The third kappa shape index (κ3) is 2.82. The van der Waals surface area contributed by atoms with Crippen molar-refractivity contribution in [1.29, 1.82) is 0 Å². The Bertz CT molecular complexity index is 457. The van der Waals surface area contributed by atoms with Gasteiger partial charge in [-0.1, -0.05) is 11.6 Å². The third-order valence-corrected chi connectivity index (χ3v) is 3.04. The second-order valence-corrected chi connectivity index (χ2v) is 4.34. The van der Waals surface area contributed by atoms with Gasteiger partial charge in [-0.25, -0.2) is 0 Å². The summed E-state index contributed by atoms with van der Waals surface area (Å²) in [7, 11) is 0. The maximum Gasteiger partial charge on any atom is 0.291 e. The molecule has 100 valence electrons. The smallest absolute Gasteiger partial charge is 0.291 e. The molecule has 1 aromatic heterocycles. The van der Waals surface area contributed by atoms with Crippen molar-refractivity contribution < 1.29 is 14.6 Å². The number of hydrogen-bond donors (Lipinski definition) is 1. The molecule has 1 atom stereocenters. The molecule has 1 saturated heterocycles. The van der Waals surface area contributed by atoms with Crippen LogP contribution in [0.25, 0.3) is 0 Å². The van der Waals surface area contributed by atoms with E-state index >= 15 is 0 Å². The summed E-state index contributed by atoms with van der Waals surface area (Å²) < 4.78 is 11.8. The summed E-state index contributed by atoms with van der Waals surface area (Å²) in [5.41, 5.74) is -0.431. The maximum absolute atomic E-state index is 12.0. The van der Waals surface area contributed by atoms with Crippen LogP contribution in [0.1, 0.15) is 25.5 Å². The Morgan fingerprint density at radius 3 is 3.11 bits per heavy atom. The first-order chi connectivity index (χ1) is 8.74. The fourth-order valence-corrected chi connectivity index (χ4v) is 2.00. The first-order valence-electron chi connectivity index (χ1n) is 5.86. The average Bonchev–Trinajstić information content (AvgIpc) is 2.41. The van der Waals surface area contributed by atoms with Crippen molar-refractivity contribution in [2.24, 2.45) is 0 Å². The van der Waals surface area contributed by atoms with Crippen molar-refractivity contribution in [2.45, 2.75) is 25.5 Å². The Kier molecular flexibility index (Phi) is 4.57. The highest BCUT2D eigenvalue weighted by Crippen LogP contribution is 2.23. The van der Waals surface area contributed by atoms with Gasteiger partial charge in [-0.3, -0.25) is 4.79 Å². The van der Waals surface area contributed by atoms with Gasteiger partial charge in [0.05, 0.1) is 12.8 Å². The molecule has 1 N–H and O–H groups in total. The van der Waals surface area contributed by atoms with Crippen LogP contribution in [0.15, 0.2) is 11.0 Å². The van der Waals surface area contributed by atoms with Gasteiger partial charge in [-0.05, 0) is 19.3 Å². The van der Waals surface area contributed by atoms with Crippen LogP contribution >= 0.6 is 11.6 Å². The van der Waals surface area contributed by atoms with E-state index < -0.39 is 5.56 Å². The van der Waals surface area contributed by atoms with Crippen LogP contribution < -0.4 is 10.3 Å². The molecule has 0 radical (unpaired) electrons. The van der Waals surface area contributed by atoms with Crippen LogP contribution in [0.4, 0.5) is 0 Å². The number of aromatic nitrogens is 2. The fourth-order valence-electron chi connectivity index (χ4n) is 1.81. The molecular weight excluding hydrogens is 260 g/mol. The zero-order valence-electron chi connectivity index (χ0n) is 9.84. The predicted octanol–water partition coefficient (Wildman–Crippen LogP) is 0.967. The molecule has 7 heteroatoms. The lowest BCUT2D eigenvalue weighted by Gasteiger charge is -2.23. The summed E-state index contributed by atoms with van der Waals surface area (Å²) >= 11 is 5.92. The van der Waals surface area contributed by atoms with E-state index in [1.807, 2.05) is 0 Å². The molecule has 2 rings (SSSR count). The van der Waals surface area contributed by atoms with Gasteiger partial charge in [0.15, 0.2) is 17.0 Å². The van der Waals surface area contributed by atoms with Crippen molar-refractivity contribution >= 4 is 11.6 Å². The molecule has 0 saturated carbocycles. The van der Waals surface area contributed by atoms with E-state index in [0.29, 0.717) is 6.61 Å². The van der Waals surface area contributed by atoms with Gasteiger partial charge >= 0.3 is 0 Å². The van der Waals surface area contributed by atoms with E-state index in [-0.39, 0.29) is 30.2 Å². The van der Waals surface area contributed by atoms with Gasteiger partial charge in [0, 0.05) is 6.61 Å². The van der Waals surface area contributed by atoms with Gasteiger partial charge in [0.2, 0.25) is 0 Å². The highest BCUT2D eigenvalue weighted by atomic mass is 35.5. The van der Waals surface area contributed by atoms with E-state index in [2.05, 4.69) is 5.10 Å². The Labute approximate surface area is 109 Å². The minimum atomic E-state index is -0.431. The Balaban J connectivity index is 2.22. The van der Waals surface area contributed by atoms with Gasteiger partial charge in [0.25, 0.3) is 5.56 Å². The largest absolute Gasteiger partial charge is 0.488 e. The zero-order valence-corrected chi connectivity index (χ0v) is 10.6. The van der Waals surface area contributed by atoms with Gasteiger partial charge < -0.3 is 14.6 Å². The highest BCUT2D eigenvalue weighted by molar-refractivity contribution is 6.31. The summed E-state index contributed by atoms with van der Waals surface area (Å²) in [6, 6.07) is 0. The molecule has 0 bridgehead atoms. The molecule has 0 aliphatic carbocycles. The third-order valence-electron chi connectivity index (χ3n) is 2.69. The van der Waals surface area contributed by atoms with E-state index in [4.69, 9.17) is 26.2 Å². The van der Waals surface area contributed by atoms with Crippen molar-refractivity contribution in [3.8, 4) is 5.75 Å². The fraction of sp³-hybridized carbons (Fsp3) is 0.636. The molecule has 1 aromatic rings. The number of rotatable bonds is 4. The van der Waals surface area contributed by atoms with Gasteiger partial charge in [-0.2, -0.15) is 9.78 Å². The zero-order chi connectivity index (χ0) is 13.0. The lowest BCUT2D eigenvalue weighted by atomic mass is 10.2. The maximum atomic E-state index is 12.0. The van der Waals surface area contributed by atoms with Crippen LogP contribution in [0.2, 0.25) is 5.02 Å². The van der Waals surface area contributed by atoms with Crippen molar-refractivity contribution in [3.63, 3.8) is 0 Å². The number of ether oxygens (including phenoxy) is 2. The molecule has 18 heavy (non-hydrogen) atoms. The Morgan fingerprint density at radius 1 is 1.61 bits per heavy atom. The van der Waals surface area contributed by atoms with E-state index in [0.717, 1.165) is 19.3 Å². The van der Waals surface area contributed by atoms with Crippen LogP contribution in [-0.4, -0.2) is 34.7 Å². The summed E-state index contributed by atoms with van der Waals surface area (Å²) in [5.74, 6) is 0.183. The molecule has 1 fully saturated rings. The minimum absolute atomic E-state index is 0.0346. The summed E-state index contributed by atoms with van der Waals surface area (Å²) in [6.07, 6.45) is 3.77. The number of hydrogen-bond acceptors (Lipinski definition) is 5. The molecule has 2 heterocycles. The van der Waals surface area contributed by atoms with Crippen LogP contribution in [0, 0.1) is 0 Å². The minimum Gasteiger partial charge on any atom is -0.488 e. The van der Waals surface area contributed by atoms with E-state index in [1.54, 1.807) is 0 Å². The first kappa shape index (κ1) is 13.3. The number of aliphatic hydroxyl groups excluding tert-OH is 1. The van der Waals surface area contributed by atoms with Crippen LogP contribution in [0.5, 0.6) is 5.75 Å². The first-order valence-corrected chi connectivity index (χ1v) is 6.24. The molecule has 1 aliphatic heterocycles. The van der Waals surface area contributed by atoms with Gasteiger partial charge in [-0.15, -0.1) is 0 Å². The second kappa shape index (κ2) is 6.17. The SMILES string of the molecule is O=c1c(Cl)c(OCCO)cnn1C1CCCCO1. The number of nitrogens with zero attached hydrogens (tertiary/aromatic N) is 2.